The van der Waals surface area contributed by atoms with Crippen LogP contribution in [0.4, 0.5) is 5.69 Å². The number of hydrogen-bond acceptors (Lipinski definition) is 4. The van der Waals surface area contributed by atoms with Crippen molar-refractivity contribution in [3.8, 4) is 5.88 Å². The predicted octanol–water partition coefficient (Wildman–Crippen LogP) is 2.98. The number of anilines is 1. The Morgan fingerprint density at radius 1 is 1.29 bits per heavy atom. The topological polar surface area (TPSA) is 37.4 Å². The molecule has 2 aliphatic rings. The molecule has 1 N–H and O–H groups in total. The van der Waals surface area contributed by atoms with E-state index in [1.165, 1.54) is 44.2 Å². The van der Waals surface area contributed by atoms with Gasteiger partial charge in [-0.15, -0.1) is 0 Å². The van der Waals surface area contributed by atoms with Crippen LogP contribution in [0.2, 0.25) is 0 Å². The molecule has 2 aliphatic heterocycles. The van der Waals surface area contributed by atoms with Crippen molar-refractivity contribution in [2.75, 3.05) is 18.6 Å². The van der Waals surface area contributed by atoms with Crippen LogP contribution in [0.15, 0.2) is 18.3 Å². The summed E-state index contributed by atoms with van der Waals surface area (Å²) in [6.07, 6.45) is 9.72. The summed E-state index contributed by atoms with van der Waals surface area (Å²) in [6.45, 7) is 3.39. The fraction of sp³-hybridized carbons (Fsp3) is 0.706. The molecule has 3 rings (SSSR count). The van der Waals surface area contributed by atoms with Gasteiger partial charge in [-0.1, -0.05) is 6.92 Å². The van der Waals surface area contributed by atoms with Gasteiger partial charge in [0.05, 0.1) is 19.0 Å². The number of hydrogen-bond donors (Lipinski definition) is 1. The minimum Gasteiger partial charge on any atom is -0.481 e. The van der Waals surface area contributed by atoms with Gasteiger partial charge in [-0.25, -0.2) is 4.98 Å². The van der Waals surface area contributed by atoms with Crippen molar-refractivity contribution >= 4 is 5.69 Å². The van der Waals surface area contributed by atoms with Gasteiger partial charge in [0.25, 0.3) is 0 Å². The maximum absolute atomic E-state index is 5.17. The van der Waals surface area contributed by atoms with Crippen molar-refractivity contribution < 1.29 is 4.74 Å². The largest absolute Gasteiger partial charge is 0.481 e. The van der Waals surface area contributed by atoms with Crippen LogP contribution in [-0.2, 0) is 0 Å². The number of ether oxygens (including phenoxy) is 1. The Hall–Kier alpha value is -1.29. The zero-order chi connectivity index (χ0) is 14.7. The van der Waals surface area contributed by atoms with Crippen LogP contribution in [-0.4, -0.2) is 36.8 Å². The summed E-state index contributed by atoms with van der Waals surface area (Å²) < 4.78 is 5.17. The van der Waals surface area contributed by atoms with E-state index in [4.69, 9.17) is 4.74 Å². The molecule has 4 nitrogen and oxygen atoms in total. The lowest BCUT2D eigenvalue weighted by atomic mass is 9.81. The summed E-state index contributed by atoms with van der Waals surface area (Å²) in [6, 6.07) is 6.18. The lowest BCUT2D eigenvalue weighted by Crippen LogP contribution is -2.56. The van der Waals surface area contributed by atoms with E-state index in [0.29, 0.717) is 24.0 Å². The van der Waals surface area contributed by atoms with Crippen molar-refractivity contribution in [1.29, 1.82) is 0 Å². The second kappa shape index (κ2) is 6.65. The third-order valence-corrected chi connectivity index (χ3v) is 4.89. The van der Waals surface area contributed by atoms with Gasteiger partial charge >= 0.3 is 0 Å². The Morgan fingerprint density at radius 2 is 2.05 bits per heavy atom. The van der Waals surface area contributed by atoms with Crippen molar-refractivity contribution in [2.24, 2.45) is 0 Å². The molecule has 0 amide bonds. The molecule has 2 saturated heterocycles. The lowest BCUT2D eigenvalue weighted by Gasteiger charge is -2.50. The second-order valence-corrected chi connectivity index (χ2v) is 6.33. The highest BCUT2D eigenvalue weighted by Gasteiger charge is 2.38. The number of rotatable bonds is 5. The fourth-order valence-electron chi connectivity index (χ4n) is 3.96. The molecular formula is C17H27N3O. The minimum atomic E-state index is 0.669. The maximum Gasteiger partial charge on any atom is 0.213 e. The number of methoxy groups -OCH3 is 1. The average Bonchev–Trinajstić information content (AvgIpc) is 2.52. The number of fused-ring (bicyclic) bond motifs is 2. The molecule has 21 heavy (non-hydrogen) atoms. The van der Waals surface area contributed by atoms with Crippen molar-refractivity contribution in [1.82, 2.24) is 10.3 Å². The number of pyridine rings is 1. The highest BCUT2D eigenvalue weighted by atomic mass is 16.5. The van der Waals surface area contributed by atoms with E-state index in [1.807, 2.05) is 12.3 Å². The van der Waals surface area contributed by atoms with Crippen molar-refractivity contribution in [2.45, 2.75) is 63.6 Å². The van der Waals surface area contributed by atoms with Gasteiger partial charge in [-0.3, -0.25) is 0 Å². The average molecular weight is 289 g/mol. The van der Waals surface area contributed by atoms with Crippen LogP contribution >= 0.6 is 0 Å². The first-order valence-corrected chi connectivity index (χ1v) is 8.33. The predicted molar refractivity (Wildman–Crippen MR) is 86.0 cm³/mol. The molecule has 1 aromatic rings. The number of aromatic nitrogens is 1. The van der Waals surface area contributed by atoms with Crippen molar-refractivity contribution in [3.05, 3.63) is 18.3 Å². The van der Waals surface area contributed by atoms with Crippen LogP contribution in [0.25, 0.3) is 0 Å². The first kappa shape index (κ1) is 14.6. The lowest BCUT2D eigenvalue weighted by molar-refractivity contribution is 0.245. The monoisotopic (exact) mass is 289 g/mol. The molecule has 116 valence electrons. The SMILES string of the molecule is CCCNC1CC2CCCC(C1)N2c1ccc(OC)nc1. The van der Waals surface area contributed by atoms with E-state index < -0.39 is 0 Å². The standard InChI is InChI=1S/C17H27N3O/c1-3-9-18-13-10-14-5-4-6-15(11-13)20(14)16-7-8-17(21-2)19-12-16/h7-8,12-15,18H,3-6,9-11H2,1-2H3. The summed E-state index contributed by atoms with van der Waals surface area (Å²) in [5, 5.41) is 3.73. The molecule has 1 aromatic heterocycles. The quantitative estimate of drug-likeness (QED) is 0.904. The second-order valence-electron chi connectivity index (χ2n) is 6.33. The van der Waals surface area contributed by atoms with Crippen molar-refractivity contribution in [3.63, 3.8) is 0 Å². The molecule has 4 heteroatoms. The van der Waals surface area contributed by atoms with Gasteiger partial charge in [0.15, 0.2) is 0 Å². The summed E-state index contributed by atoms with van der Waals surface area (Å²) >= 11 is 0. The van der Waals surface area contributed by atoms with Crippen LogP contribution < -0.4 is 15.0 Å². The third-order valence-electron chi connectivity index (χ3n) is 4.89. The first-order valence-electron chi connectivity index (χ1n) is 8.33. The molecular weight excluding hydrogens is 262 g/mol. The molecule has 2 atom stereocenters. The molecule has 3 heterocycles. The van der Waals surface area contributed by atoms with Crippen LogP contribution in [0.3, 0.4) is 0 Å². The Bertz CT molecular complexity index is 434. The van der Waals surface area contributed by atoms with Gasteiger partial charge in [-0.2, -0.15) is 0 Å². The summed E-state index contributed by atoms with van der Waals surface area (Å²) in [5.74, 6) is 0.698. The molecule has 0 radical (unpaired) electrons. The van der Waals surface area contributed by atoms with Gasteiger partial charge < -0.3 is 15.0 Å². The molecule has 2 fully saturated rings. The van der Waals surface area contributed by atoms with E-state index in [9.17, 15) is 0 Å². The maximum atomic E-state index is 5.17. The number of piperidine rings is 2. The first-order chi connectivity index (χ1) is 10.3. The van der Waals surface area contributed by atoms with Crippen LogP contribution in [0.5, 0.6) is 5.88 Å². The van der Waals surface area contributed by atoms with E-state index in [0.717, 1.165) is 6.54 Å². The minimum absolute atomic E-state index is 0.669. The Balaban J connectivity index is 1.73. The molecule has 2 unspecified atom stereocenters. The van der Waals surface area contributed by atoms with E-state index in [1.54, 1.807) is 7.11 Å². The summed E-state index contributed by atoms with van der Waals surface area (Å²) in [4.78, 5) is 7.01. The summed E-state index contributed by atoms with van der Waals surface area (Å²) in [7, 11) is 1.67. The summed E-state index contributed by atoms with van der Waals surface area (Å²) in [5.41, 5.74) is 1.26. The zero-order valence-corrected chi connectivity index (χ0v) is 13.2. The molecule has 0 aromatic carbocycles. The Labute approximate surface area is 127 Å². The normalized spacial score (nSPS) is 28.5. The van der Waals surface area contributed by atoms with Gasteiger partial charge in [0.1, 0.15) is 0 Å². The van der Waals surface area contributed by atoms with Gasteiger partial charge in [0.2, 0.25) is 5.88 Å². The zero-order valence-electron chi connectivity index (χ0n) is 13.2. The highest BCUT2D eigenvalue weighted by molar-refractivity contribution is 5.49. The molecule has 0 spiro atoms. The fourth-order valence-corrected chi connectivity index (χ4v) is 3.96. The van der Waals surface area contributed by atoms with Gasteiger partial charge in [0, 0.05) is 24.2 Å². The smallest absolute Gasteiger partial charge is 0.213 e. The van der Waals surface area contributed by atoms with E-state index >= 15 is 0 Å². The molecule has 0 aliphatic carbocycles. The number of nitrogens with zero attached hydrogens (tertiary/aromatic N) is 2. The Kier molecular flexibility index (Phi) is 4.63. The third kappa shape index (κ3) is 3.15. The molecule has 2 bridgehead atoms. The van der Waals surface area contributed by atoms with E-state index in [-0.39, 0.29) is 0 Å². The van der Waals surface area contributed by atoms with Crippen LogP contribution in [0, 0.1) is 0 Å². The van der Waals surface area contributed by atoms with E-state index in [2.05, 4.69) is 28.2 Å². The molecule has 0 saturated carbocycles. The van der Waals surface area contributed by atoms with Gasteiger partial charge in [-0.05, 0) is 51.1 Å². The Morgan fingerprint density at radius 3 is 2.62 bits per heavy atom. The van der Waals surface area contributed by atoms with Crippen LogP contribution in [0.1, 0.15) is 45.4 Å². The number of nitrogens with one attached hydrogen (secondary N) is 1. The highest BCUT2D eigenvalue weighted by Crippen LogP contribution is 2.37.